The Labute approximate surface area is 142 Å². The van der Waals surface area contributed by atoms with Crippen LogP contribution in [-0.2, 0) is 25.8 Å². The van der Waals surface area contributed by atoms with Crippen molar-refractivity contribution in [2.24, 2.45) is 0 Å². The first-order valence-electron chi connectivity index (χ1n) is 8.13. The van der Waals surface area contributed by atoms with Crippen LogP contribution in [0.5, 0.6) is 0 Å². The van der Waals surface area contributed by atoms with Crippen molar-refractivity contribution in [2.75, 3.05) is 18.8 Å². The maximum absolute atomic E-state index is 12.4. The highest BCUT2D eigenvalue weighted by atomic mass is 32.2. The van der Waals surface area contributed by atoms with Gasteiger partial charge in [-0.3, -0.25) is 9.59 Å². The number of sulfone groups is 1. The van der Waals surface area contributed by atoms with Gasteiger partial charge >= 0.3 is 5.97 Å². The van der Waals surface area contributed by atoms with Crippen molar-refractivity contribution in [2.45, 2.75) is 37.4 Å². The van der Waals surface area contributed by atoms with E-state index in [1.165, 1.54) is 0 Å². The van der Waals surface area contributed by atoms with E-state index in [1.54, 1.807) is 0 Å². The molecule has 0 aliphatic heterocycles. The van der Waals surface area contributed by atoms with E-state index in [4.69, 9.17) is 5.11 Å². The molecule has 132 valence electrons. The van der Waals surface area contributed by atoms with Gasteiger partial charge in [-0.2, -0.15) is 0 Å². The van der Waals surface area contributed by atoms with Crippen LogP contribution in [0.25, 0.3) is 0 Å². The average Bonchev–Trinajstić information content (AvgIpc) is 3.07. The lowest BCUT2D eigenvalue weighted by atomic mass is 10.1. The lowest BCUT2D eigenvalue weighted by Crippen LogP contribution is -2.42. The van der Waals surface area contributed by atoms with Crippen molar-refractivity contribution in [3.8, 4) is 0 Å². The van der Waals surface area contributed by atoms with Gasteiger partial charge < -0.3 is 10.0 Å². The summed E-state index contributed by atoms with van der Waals surface area (Å²) < 4.78 is 24.6. The van der Waals surface area contributed by atoms with E-state index >= 15 is 0 Å². The topological polar surface area (TPSA) is 91.8 Å². The van der Waals surface area contributed by atoms with Gasteiger partial charge in [-0.15, -0.1) is 0 Å². The third kappa shape index (κ3) is 5.33. The van der Waals surface area contributed by atoms with Gasteiger partial charge in [-0.25, -0.2) is 8.42 Å². The van der Waals surface area contributed by atoms with E-state index in [-0.39, 0.29) is 6.54 Å². The minimum Gasteiger partial charge on any atom is -0.480 e. The van der Waals surface area contributed by atoms with Crippen molar-refractivity contribution >= 4 is 21.7 Å². The van der Waals surface area contributed by atoms with Crippen LogP contribution in [0.2, 0.25) is 0 Å². The van der Waals surface area contributed by atoms with Crippen LogP contribution < -0.4 is 0 Å². The summed E-state index contributed by atoms with van der Waals surface area (Å²) in [7, 11) is -3.51. The van der Waals surface area contributed by atoms with Gasteiger partial charge in [0, 0.05) is 6.54 Å². The van der Waals surface area contributed by atoms with E-state index < -0.39 is 39.3 Å². The van der Waals surface area contributed by atoms with Crippen LogP contribution in [0.4, 0.5) is 0 Å². The predicted molar refractivity (Wildman–Crippen MR) is 90.4 cm³/mol. The number of amides is 1. The third-order valence-electron chi connectivity index (χ3n) is 4.33. The molecule has 1 aliphatic carbocycles. The molecule has 1 aliphatic rings. The molecule has 7 heteroatoms. The Morgan fingerprint density at radius 3 is 2.33 bits per heavy atom. The van der Waals surface area contributed by atoms with Gasteiger partial charge in [-0.1, -0.05) is 43.2 Å². The summed E-state index contributed by atoms with van der Waals surface area (Å²) in [5.74, 6) is -2.37. The minimum atomic E-state index is -3.51. The second-order valence-electron chi connectivity index (χ2n) is 6.16. The maximum Gasteiger partial charge on any atom is 0.323 e. The molecule has 0 radical (unpaired) electrons. The molecule has 1 saturated carbocycles. The van der Waals surface area contributed by atoms with Gasteiger partial charge in [0.15, 0.2) is 9.84 Å². The Hall–Kier alpha value is -1.89. The fourth-order valence-corrected chi connectivity index (χ4v) is 4.81. The number of carboxylic acid groups (broad SMARTS) is 1. The van der Waals surface area contributed by atoms with Crippen LogP contribution in [0.3, 0.4) is 0 Å². The molecule has 0 bridgehead atoms. The summed E-state index contributed by atoms with van der Waals surface area (Å²) in [6.07, 6.45) is 3.41. The first-order valence-corrected chi connectivity index (χ1v) is 9.85. The quantitative estimate of drug-likeness (QED) is 0.765. The molecule has 0 unspecified atom stereocenters. The van der Waals surface area contributed by atoms with Crippen molar-refractivity contribution in [3.63, 3.8) is 0 Å². The van der Waals surface area contributed by atoms with Crippen molar-refractivity contribution in [1.82, 2.24) is 4.90 Å². The zero-order valence-corrected chi connectivity index (χ0v) is 14.4. The SMILES string of the molecule is O=C(O)CN(CCc1ccccc1)C(=O)CS(=O)(=O)C1CCCC1. The number of nitrogens with zero attached hydrogens (tertiary/aromatic N) is 1. The molecule has 0 aromatic heterocycles. The summed E-state index contributed by atoms with van der Waals surface area (Å²) in [6.45, 7) is -0.290. The molecule has 0 heterocycles. The second kappa shape index (κ2) is 8.28. The molecule has 1 aromatic rings. The highest BCUT2D eigenvalue weighted by Gasteiger charge is 2.32. The molecule has 1 N–H and O–H groups in total. The smallest absolute Gasteiger partial charge is 0.323 e. The molecule has 0 spiro atoms. The summed E-state index contributed by atoms with van der Waals surface area (Å²) in [4.78, 5) is 24.5. The van der Waals surface area contributed by atoms with Crippen LogP contribution in [0, 0.1) is 0 Å². The summed E-state index contributed by atoms with van der Waals surface area (Å²) >= 11 is 0. The predicted octanol–water partition coefficient (Wildman–Crippen LogP) is 1.50. The number of rotatable bonds is 8. The Bertz CT molecular complexity index is 665. The van der Waals surface area contributed by atoms with E-state index in [0.717, 1.165) is 23.3 Å². The number of carbonyl (C=O) groups excluding carboxylic acids is 1. The molecular formula is C17H23NO5S. The summed E-state index contributed by atoms with van der Waals surface area (Å²) in [5, 5.41) is 8.54. The third-order valence-corrected chi connectivity index (χ3v) is 6.46. The standard InChI is InChI=1S/C17H23NO5S/c19-16(13-24(22,23)15-8-4-5-9-15)18(12-17(20)21)11-10-14-6-2-1-3-7-14/h1-3,6-7,15H,4-5,8-13H2,(H,20,21). The van der Waals surface area contributed by atoms with E-state index in [2.05, 4.69) is 0 Å². The van der Waals surface area contributed by atoms with E-state index in [9.17, 15) is 18.0 Å². The zero-order chi connectivity index (χ0) is 17.6. The van der Waals surface area contributed by atoms with Crippen molar-refractivity contribution in [1.29, 1.82) is 0 Å². The molecular weight excluding hydrogens is 330 g/mol. The van der Waals surface area contributed by atoms with Gasteiger partial charge in [0.2, 0.25) is 5.91 Å². The first-order chi connectivity index (χ1) is 11.4. The number of carboxylic acids is 1. The van der Waals surface area contributed by atoms with Crippen LogP contribution in [0.15, 0.2) is 30.3 Å². The number of aliphatic carboxylic acids is 1. The highest BCUT2D eigenvalue weighted by molar-refractivity contribution is 7.92. The lowest BCUT2D eigenvalue weighted by molar-refractivity contribution is -0.143. The molecule has 1 fully saturated rings. The minimum absolute atomic E-state index is 0.190. The van der Waals surface area contributed by atoms with Gasteiger partial charge in [0.1, 0.15) is 12.3 Å². The molecule has 0 atom stereocenters. The van der Waals surface area contributed by atoms with Crippen molar-refractivity contribution < 1.29 is 23.1 Å². The normalized spacial score (nSPS) is 15.3. The molecule has 1 amide bonds. The largest absolute Gasteiger partial charge is 0.480 e. The average molecular weight is 353 g/mol. The number of carbonyl (C=O) groups is 2. The lowest BCUT2D eigenvalue weighted by Gasteiger charge is -2.21. The Balaban J connectivity index is 2.00. The molecule has 24 heavy (non-hydrogen) atoms. The van der Waals surface area contributed by atoms with Crippen LogP contribution >= 0.6 is 0 Å². The molecule has 1 aromatic carbocycles. The van der Waals surface area contributed by atoms with Gasteiger partial charge in [0.25, 0.3) is 0 Å². The Morgan fingerprint density at radius 2 is 1.75 bits per heavy atom. The number of benzene rings is 1. The Morgan fingerprint density at radius 1 is 1.12 bits per heavy atom. The fraction of sp³-hybridized carbons (Fsp3) is 0.529. The fourth-order valence-electron chi connectivity index (χ4n) is 2.99. The Kier molecular flexibility index (Phi) is 6.36. The maximum atomic E-state index is 12.4. The summed E-state index contributed by atoms with van der Waals surface area (Å²) in [5.41, 5.74) is 0.972. The van der Waals surface area contributed by atoms with Crippen LogP contribution in [0.1, 0.15) is 31.2 Å². The molecule has 2 rings (SSSR count). The number of hydrogen-bond acceptors (Lipinski definition) is 4. The van der Waals surface area contributed by atoms with E-state index in [1.807, 2.05) is 30.3 Å². The zero-order valence-electron chi connectivity index (χ0n) is 13.6. The highest BCUT2D eigenvalue weighted by Crippen LogP contribution is 2.25. The molecule has 6 nitrogen and oxygen atoms in total. The van der Waals surface area contributed by atoms with Gasteiger partial charge in [0.05, 0.1) is 5.25 Å². The second-order valence-corrected chi connectivity index (χ2v) is 8.44. The van der Waals surface area contributed by atoms with Crippen molar-refractivity contribution in [3.05, 3.63) is 35.9 Å². The van der Waals surface area contributed by atoms with Gasteiger partial charge in [-0.05, 0) is 24.8 Å². The number of hydrogen-bond donors (Lipinski definition) is 1. The molecule has 0 saturated heterocycles. The summed E-state index contributed by atoms with van der Waals surface area (Å²) in [6, 6.07) is 9.38. The van der Waals surface area contributed by atoms with Crippen LogP contribution in [-0.4, -0.2) is 54.4 Å². The first kappa shape index (κ1) is 18.4. The monoisotopic (exact) mass is 353 g/mol. The van der Waals surface area contributed by atoms with E-state index in [0.29, 0.717) is 19.3 Å².